The summed E-state index contributed by atoms with van der Waals surface area (Å²) in [4.78, 5) is 12.0. The summed E-state index contributed by atoms with van der Waals surface area (Å²) in [6, 6.07) is 5.77. The number of hydrogen-bond donors (Lipinski definition) is 1. The summed E-state index contributed by atoms with van der Waals surface area (Å²) in [6.07, 6.45) is 2.07. The number of methoxy groups -OCH3 is 1. The molecule has 0 aliphatic heterocycles. The standard InChI is InChI=1S/C15H23NO2/c1-5-6-9-16-15(17)13-8-7-12(11(2)3)10-14(13)18-4/h7-8,10-11H,5-6,9H2,1-4H3,(H,16,17). The van der Waals surface area contributed by atoms with Gasteiger partial charge in [-0.3, -0.25) is 4.79 Å². The van der Waals surface area contributed by atoms with Crippen molar-refractivity contribution in [1.82, 2.24) is 5.32 Å². The van der Waals surface area contributed by atoms with E-state index in [1.54, 1.807) is 7.11 Å². The van der Waals surface area contributed by atoms with Crippen LogP contribution in [0.1, 0.15) is 55.5 Å². The molecule has 18 heavy (non-hydrogen) atoms. The lowest BCUT2D eigenvalue weighted by molar-refractivity contribution is 0.0950. The van der Waals surface area contributed by atoms with E-state index in [2.05, 4.69) is 26.1 Å². The molecule has 0 saturated heterocycles. The lowest BCUT2D eigenvalue weighted by Crippen LogP contribution is -2.24. The number of carbonyl (C=O) groups excluding carboxylic acids is 1. The van der Waals surface area contributed by atoms with Gasteiger partial charge in [-0.2, -0.15) is 0 Å². The molecule has 1 amide bonds. The molecule has 0 unspecified atom stereocenters. The topological polar surface area (TPSA) is 38.3 Å². The van der Waals surface area contributed by atoms with Crippen LogP contribution in [-0.2, 0) is 0 Å². The van der Waals surface area contributed by atoms with Crippen molar-refractivity contribution in [2.75, 3.05) is 13.7 Å². The molecular weight excluding hydrogens is 226 g/mol. The van der Waals surface area contributed by atoms with E-state index in [0.717, 1.165) is 12.8 Å². The monoisotopic (exact) mass is 249 g/mol. The van der Waals surface area contributed by atoms with Crippen molar-refractivity contribution in [3.8, 4) is 5.75 Å². The molecule has 0 spiro atoms. The van der Waals surface area contributed by atoms with Gasteiger partial charge in [-0.15, -0.1) is 0 Å². The minimum atomic E-state index is -0.0596. The van der Waals surface area contributed by atoms with E-state index >= 15 is 0 Å². The molecular formula is C15H23NO2. The smallest absolute Gasteiger partial charge is 0.255 e. The second kappa shape index (κ2) is 7.04. The molecule has 0 aliphatic carbocycles. The fraction of sp³-hybridized carbons (Fsp3) is 0.533. The molecule has 0 fully saturated rings. The quantitative estimate of drug-likeness (QED) is 0.785. The maximum atomic E-state index is 12.0. The SMILES string of the molecule is CCCCNC(=O)c1ccc(C(C)C)cc1OC. The highest BCUT2D eigenvalue weighted by atomic mass is 16.5. The molecule has 0 bridgehead atoms. The molecule has 3 nitrogen and oxygen atoms in total. The van der Waals surface area contributed by atoms with E-state index < -0.39 is 0 Å². The van der Waals surface area contributed by atoms with Gasteiger partial charge in [0.05, 0.1) is 12.7 Å². The third-order valence-corrected chi connectivity index (χ3v) is 2.95. The van der Waals surface area contributed by atoms with Gasteiger partial charge in [0.1, 0.15) is 5.75 Å². The zero-order valence-corrected chi connectivity index (χ0v) is 11.7. The van der Waals surface area contributed by atoms with Crippen LogP contribution in [0.3, 0.4) is 0 Å². The fourth-order valence-electron chi connectivity index (χ4n) is 1.73. The Balaban J connectivity index is 2.84. The first-order chi connectivity index (χ1) is 8.60. The van der Waals surface area contributed by atoms with Gasteiger partial charge in [0.15, 0.2) is 0 Å². The van der Waals surface area contributed by atoms with Crippen LogP contribution in [-0.4, -0.2) is 19.6 Å². The molecule has 1 N–H and O–H groups in total. The highest BCUT2D eigenvalue weighted by molar-refractivity contribution is 5.97. The summed E-state index contributed by atoms with van der Waals surface area (Å²) in [5, 5.41) is 2.90. The van der Waals surface area contributed by atoms with Gasteiger partial charge < -0.3 is 10.1 Å². The average Bonchev–Trinajstić information content (AvgIpc) is 2.38. The summed E-state index contributed by atoms with van der Waals surface area (Å²) in [7, 11) is 1.60. The molecule has 1 aromatic carbocycles. The second-order valence-corrected chi connectivity index (χ2v) is 4.72. The summed E-state index contributed by atoms with van der Waals surface area (Å²) < 4.78 is 5.30. The van der Waals surface area contributed by atoms with Crippen molar-refractivity contribution >= 4 is 5.91 Å². The largest absolute Gasteiger partial charge is 0.496 e. The van der Waals surface area contributed by atoms with Crippen molar-refractivity contribution in [3.63, 3.8) is 0 Å². The molecule has 1 rings (SSSR count). The Morgan fingerprint density at radius 3 is 2.67 bits per heavy atom. The Morgan fingerprint density at radius 2 is 2.11 bits per heavy atom. The first kappa shape index (κ1) is 14.6. The molecule has 100 valence electrons. The number of rotatable bonds is 6. The number of amides is 1. The Bertz CT molecular complexity index is 399. The summed E-state index contributed by atoms with van der Waals surface area (Å²) in [5.74, 6) is 1.02. The number of unbranched alkanes of at least 4 members (excludes halogenated alkanes) is 1. The van der Waals surface area contributed by atoms with Crippen molar-refractivity contribution in [3.05, 3.63) is 29.3 Å². The zero-order valence-electron chi connectivity index (χ0n) is 11.7. The van der Waals surface area contributed by atoms with Crippen LogP contribution in [0.15, 0.2) is 18.2 Å². The van der Waals surface area contributed by atoms with E-state index in [9.17, 15) is 4.79 Å². The van der Waals surface area contributed by atoms with Crippen LogP contribution in [0.25, 0.3) is 0 Å². The molecule has 0 radical (unpaired) electrons. The number of carbonyl (C=O) groups is 1. The normalized spacial score (nSPS) is 10.5. The highest BCUT2D eigenvalue weighted by Gasteiger charge is 2.13. The van der Waals surface area contributed by atoms with Crippen LogP contribution in [0.5, 0.6) is 5.75 Å². The van der Waals surface area contributed by atoms with Gasteiger partial charge in [0.2, 0.25) is 0 Å². The van der Waals surface area contributed by atoms with Crippen molar-refractivity contribution < 1.29 is 9.53 Å². The summed E-state index contributed by atoms with van der Waals surface area (Å²) in [6.45, 7) is 7.06. The van der Waals surface area contributed by atoms with Gasteiger partial charge in [-0.05, 0) is 30.0 Å². The van der Waals surface area contributed by atoms with Crippen LogP contribution >= 0.6 is 0 Å². The maximum Gasteiger partial charge on any atom is 0.255 e. The minimum Gasteiger partial charge on any atom is -0.496 e. The van der Waals surface area contributed by atoms with Gasteiger partial charge in [0, 0.05) is 6.54 Å². The molecule has 0 heterocycles. The van der Waals surface area contributed by atoms with Crippen LogP contribution in [0, 0.1) is 0 Å². The molecule has 0 atom stereocenters. The van der Waals surface area contributed by atoms with Gasteiger partial charge in [-0.1, -0.05) is 33.3 Å². The van der Waals surface area contributed by atoms with E-state index in [0.29, 0.717) is 23.8 Å². The van der Waals surface area contributed by atoms with Gasteiger partial charge in [0.25, 0.3) is 5.91 Å². The van der Waals surface area contributed by atoms with E-state index in [1.165, 1.54) is 5.56 Å². The Kier molecular flexibility index (Phi) is 5.69. The minimum absolute atomic E-state index is 0.0596. The highest BCUT2D eigenvalue weighted by Crippen LogP contribution is 2.24. The van der Waals surface area contributed by atoms with E-state index in [4.69, 9.17) is 4.74 Å². The van der Waals surface area contributed by atoms with E-state index in [1.807, 2.05) is 18.2 Å². The van der Waals surface area contributed by atoms with Crippen LogP contribution in [0.2, 0.25) is 0 Å². The van der Waals surface area contributed by atoms with Gasteiger partial charge >= 0.3 is 0 Å². The second-order valence-electron chi connectivity index (χ2n) is 4.72. The number of hydrogen-bond acceptors (Lipinski definition) is 2. The van der Waals surface area contributed by atoms with Crippen LogP contribution in [0.4, 0.5) is 0 Å². The predicted octanol–water partition coefficient (Wildman–Crippen LogP) is 3.35. The summed E-state index contributed by atoms with van der Waals surface area (Å²) >= 11 is 0. The first-order valence-corrected chi connectivity index (χ1v) is 6.56. The predicted molar refractivity (Wildman–Crippen MR) is 74.3 cm³/mol. The number of benzene rings is 1. The van der Waals surface area contributed by atoms with E-state index in [-0.39, 0.29) is 5.91 Å². The van der Waals surface area contributed by atoms with Crippen molar-refractivity contribution in [1.29, 1.82) is 0 Å². The first-order valence-electron chi connectivity index (χ1n) is 6.56. The molecule has 1 aromatic rings. The average molecular weight is 249 g/mol. The van der Waals surface area contributed by atoms with Crippen LogP contribution < -0.4 is 10.1 Å². The lowest BCUT2D eigenvalue weighted by atomic mass is 10.0. The van der Waals surface area contributed by atoms with Gasteiger partial charge in [-0.25, -0.2) is 0 Å². The number of nitrogens with one attached hydrogen (secondary N) is 1. The number of ether oxygens (including phenoxy) is 1. The maximum absolute atomic E-state index is 12.0. The third-order valence-electron chi connectivity index (χ3n) is 2.95. The summed E-state index contributed by atoms with van der Waals surface area (Å²) in [5.41, 5.74) is 1.79. The zero-order chi connectivity index (χ0) is 13.5. The Morgan fingerprint density at radius 1 is 1.39 bits per heavy atom. The third kappa shape index (κ3) is 3.76. The molecule has 0 aliphatic rings. The lowest BCUT2D eigenvalue weighted by Gasteiger charge is -2.12. The van der Waals surface area contributed by atoms with Crippen molar-refractivity contribution in [2.24, 2.45) is 0 Å². The van der Waals surface area contributed by atoms with Crippen molar-refractivity contribution in [2.45, 2.75) is 39.5 Å². The molecule has 3 heteroatoms. The fourth-order valence-corrected chi connectivity index (χ4v) is 1.73. The Hall–Kier alpha value is -1.51. The molecule has 0 aromatic heterocycles. The molecule has 0 saturated carbocycles. The Labute approximate surface area is 110 Å².